The number of fused-ring (bicyclic) bond motifs is 1. The molecule has 0 spiro atoms. The maximum Gasteiger partial charge on any atom is 0.272 e. The fourth-order valence-corrected chi connectivity index (χ4v) is 4.80. The van der Waals surface area contributed by atoms with Crippen LogP contribution in [-0.2, 0) is 13.0 Å². The minimum atomic E-state index is -0.253. The molecule has 150 valence electrons. The molecule has 5 nitrogen and oxygen atoms in total. The SMILES string of the molecule is CCn1nc(CC(C)C)cc1C(=O)N1C[C@@H]2CNC[C@@H]2[C@H]1c1cccc(F)c1. The molecule has 2 fully saturated rings. The monoisotopic (exact) mass is 384 g/mol. The summed E-state index contributed by atoms with van der Waals surface area (Å²) in [6.07, 6.45) is 0.857. The van der Waals surface area contributed by atoms with Crippen molar-refractivity contribution in [2.24, 2.45) is 17.8 Å². The molecular formula is C22H29FN4O. The molecule has 0 bridgehead atoms. The summed E-state index contributed by atoms with van der Waals surface area (Å²) < 4.78 is 15.7. The smallest absolute Gasteiger partial charge is 0.272 e. The minimum Gasteiger partial charge on any atom is -0.330 e. The van der Waals surface area contributed by atoms with Crippen LogP contribution in [0.1, 0.15) is 48.6 Å². The zero-order chi connectivity index (χ0) is 19.8. The van der Waals surface area contributed by atoms with Crippen molar-refractivity contribution < 1.29 is 9.18 Å². The highest BCUT2D eigenvalue weighted by atomic mass is 19.1. The van der Waals surface area contributed by atoms with Gasteiger partial charge >= 0.3 is 0 Å². The van der Waals surface area contributed by atoms with Crippen molar-refractivity contribution in [3.63, 3.8) is 0 Å². The number of nitrogens with one attached hydrogen (secondary N) is 1. The Bertz CT molecular complexity index is 862. The van der Waals surface area contributed by atoms with Crippen LogP contribution < -0.4 is 5.32 Å². The Morgan fingerprint density at radius 2 is 2.14 bits per heavy atom. The van der Waals surface area contributed by atoms with Crippen LogP contribution in [0.4, 0.5) is 4.39 Å². The molecule has 2 aromatic rings. The molecule has 1 N–H and O–H groups in total. The second kappa shape index (κ2) is 7.66. The molecule has 28 heavy (non-hydrogen) atoms. The number of aromatic nitrogens is 2. The first-order valence-electron chi connectivity index (χ1n) is 10.3. The summed E-state index contributed by atoms with van der Waals surface area (Å²) in [6, 6.07) is 8.56. The molecule has 3 heterocycles. The topological polar surface area (TPSA) is 50.2 Å². The van der Waals surface area contributed by atoms with E-state index in [0.29, 0.717) is 36.5 Å². The van der Waals surface area contributed by atoms with Crippen LogP contribution in [0.15, 0.2) is 30.3 Å². The number of nitrogens with zero attached hydrogens (tertiary/aromatic N) is 3. The largest absolute Gasteiger partial charge is 0.330 e. The predicted molar refractivity (Wildman–Crippen MR) is 106 cm³/mol. The normalized spacial score (nSPS) is 24.2. The fraction of sp³-hybridized carbons (Fsp3) is 0.545. The number of halogens is 1. The van der Waals surface area contributed by atoms with Crippen LogP contribution >= 0.6 is 0 Å². The lowest BCUT2D eigenvalue weighted by molar-refractivity contribution is 0.0701. The number of aryl methyl sites for hydroxylation is 1. The number of carbonyl (C=O) groups is 1. The van der Waals surface area contributed by atoms with Gasteiger partial charge < -0.3 is 10.2 Å². The number of rotatable bonds is 5. The first kappa shape index (κ1) is 19.1. The highest BCUT2D eigenvalue weighted by molar-refractivity contribution is 5.93. The lowest BCUT2D eigenvalue weighted by Crippen LogP contribution is -2.36. The maximum absolute atomic E-state index is 13.9. The molecule has 0 radical (unpaired) electrons. The Morgan fingerprint density at radius 1 is 1.32 bits per heavy atom. The molecule has 2 aliphatic rings. The molecule has 3 atom stereocenters. The molecule has 1 aromatic carbocycles. The Kier molecular flexibility index (Phi) is 5.23. The van der Waals surface area contributed by atoms with Crippen LogP contribution in [-0.4, -0.2) is 40.2 Å². The van der Waals surface area contributed by atoms with Gasteiger partial charge in [0.25, 0.3) is 5.91 Å². The van der Waals surface area contributed by atoms with E-state index >= 15 is 0 Å². The number of carbonyl (C=O) groups excluding carboxylic acids is 1. The van der Waals surface area contributed by atoms with E-state index < -0.39 is 0 Å². The van der Waals surface area contributed by atoms with Gasteiger partial charge in [-0.2, -0.15) is 5.10 Å². The van der Waals surface area contributed by atoms with Crippen LogP contribution in [0.3, 0.4) is 0 Å². The molecule has 1 aromatic heterocycles. The number of hydrogen-bond acceptors (Lipinski definition) is 3. The van der Waals surface area contributed by atoms with Gasteiger partial charge in [-0.25, -0.2) is 4.39 Å². The lowest BCUT2D eigenvalue weighted by atomic mass is 9.89. The van der Waals surface area contributed by atoms with Gasteiger partial charge in [0.1, 0.15) is 11.5 Å². The van der Waals surface area contributed by atoms with Crippen molar-refractivity contribution in [1.29, 1.82) is 0 Å². The summed E-state index contributed by atoms with van der Waals surface area (Å²) in [5.41, 5.74) is 2.49. The fourth-order valence-electron chi connectivity index (χ4n) is 4.80. The standard InChI is InChI=1S/C22H29FN4O/c1-4-27-20(10-18(25-27)8-14(2)3)22(28)26-13-16-11-24-12-19(16)21(26)15-6-5-7-17(23)9-15/h5-7,9-10,14,16,19,21,24H,4,8,11-13H2,1-3H3/t16-,19-,21+/m0/s1. The molecule has 1 amide bonds. The van der Waals surface area contributed by atoms with Crippen molar-refractivity contribution in [3.05, 3.63) is 53.1 Å². The van der Waals surface area contributed by atoms with E-state index in [0.717, 1.165) is 30.8 Å². The Hall–Kier alpha value is -2.21. The molecule has 0 saturated carbocycles. The number of amides is 1. The summed E-state index contributed by atoms with van der Waals surface area (Å²) in [7, 11) is 0. The van der Waals surface area contributed by atoms with Crippen molar-refractivity contribution in [2.75, 3.05) is 19.6 Å². The average molecular weight is 384 g/mol. The Morgan fingerprint density at radius 3 is 2.86 bits per heavy atom. The zero-order valence-corrected chi connectivity index (χ0v) is 16.9. The second-order valence-electron chi connectivity index (χ2n) is 8.47. The zero-order valence-electron chi connectivity index (χ0n) is 16.9. The van der Waals surface area contributed by atoms with Crippen molar-refractivity contribution in [1.82, 2.24) is 20.0 Å². The van der Waals surface area contributed by atoms with Crippen LogP contribution in [0.2, 0.25) is 0 Å². The van der Waals surface area contributed by atoms with E-state index in [2.05, 4.69) is 24.3 Å². The quantitative estimate of drug-likeness (QED) is 0.861. The van der Waals surface area contributed by atoms with E-state index in [-0.39, 0.29) is 17.8 Å². The summed E-state index contributed by atoms with van der Waals surface area (Å²) in [5, 5.41) is 8.08. The van der Waals surface area contributed by atoms with Crippen LogP contribution in [0, 0.1) is 23.6 Å². The van der Waals surface area contributed by atoms with E-state index in [1.807, 2.05) is 28.6 Å². The van der Waals surface area contributed by atoms with E-state index in [1.54, 1.807) is 12.1 Å². The second-order valence-corrected chi connectivity index (χ2v) is 8.47. The third-order valence-electron chi connectivity index (χ3n) is 5.98. The highest BCUT2D eigenvalue weighted by Crippen LogP contribution is 2.43. The van der Waals surface area contributed by atoms with E-state index in [9.17, 15) is 9.18 Å². The van der Waals surface area contributed by atoms with Gasteiger partial charge in [-0.1, -0.05) is 26.0 Å². The highest BCUT2D eigenvalue weighted by Gasteiger charge is 2.47. The third kappa shape index (κ3) is 3.46. The first-order chi connectivity index (χ1) is 13.5. The van der Waals surface area contributed by atoms with Gasteiger partial charge in [0.2, 0.25) is 0 Å². The van der Waals surface area contributed by atoms with Gasteiger partial charge in [-0.3, -0.25) is 9.48 Å². The molecule has 2 saturated heterocycles. The lowest BCUT2D eigenvalue weighted by Gasteiger charge is -2.28. The van der Waals surface area contributed by atoms with Crippen LogP contribution in [0.5, 0.6) is 0 Å². The predicted octanol–water partition coefficient (Wildman–Crippen LogP) is 3.27. The van der Waals surface area contributed by atoms with E-state index in [1.165, 1.54) is 6.07 Å². The summed E-state index contributed by atoms with van der Waals surface area (Å²) >= 11 is 0. The van der Waals surface area contributed by atoms with Crippen molar-refractivity contribution in [3.8, 4) is 0 Å². The molecule has 0 aliphatic carbocycles. The first-order valence-corrected chi connectivity index (χ1v) is 10.3. The van der Waals surface area contributed by atoms with Gasteiger partial charge in [-0.05, 0) is 48.9 Å². The summed E-state index contributed by atoms with van der Waals surface area (Å²) in [5.74, 6) is 0.967. The third-order valence-corrected chi connectivity index (χ3v) is 5.98. The molecule has 6 heteroatoms. The van der Waals surface area contributed by atoms with Gasteiger partial charge in [0, 0.05) is 32.1 Å². The van der Waals surface area contributed by atoms with Gasteiger partial charge in [-0.15, -0.1) is 0 Å². The van der Waals surface area contributed by atoms with E-state index in [4.69, 9.17) is 0 Å². The van der Waals surface area contributed by atoms with Crippen molar-refractivity contribution >= 4 is 5.91 Å². The Balaban J connectivity index is 1.68. The minimum absolute atomic E-state index is 0.00742. The number of benzene rings is 1. The molecule has 2 aliphatic heterocycles. The van der Waals surface area contributed by atoms with Crippen molar-refractivity contribution in [2.45, 2.75) is 39.8 Å². The molecule has 4 rings (SSSR count). The molecular weight excluding hydrogens is 355 g/mol. The average Bonchev–Trinajstić information content (AvgIpc) is 3.34. The molecule has 0 unspecified atom stereocenters. The van der Waals surface area contributed by atoms with Gasteiger partial charge in [0.05, 0.1) is 11.7 Å². The maximum atomic E-state index is 13.9. The number of hydrogen-bond donors (Lipinski definition) is 1. The summed E-state index contributed by atoms with van der Waals surface area (Å²) in [4.78, 5) is 15.5. The van der Waals surface area contributed by atoms with Crippen LogP contribution in [0.25, 0.3) is 0 Å². The van der Waals surface area contributed by atoms with Gasteiger partial charge in [0.15, 0.2) is 0 Å². The Labute approximate surface area is 165 Å². The summed E-state index contributed by atoms with van der Waals surface area (Å²) in [6.45, 7) is 9.45. The number of likely N-dealkylation sites (tertiary alicyclic amines) is 1.